The van der Waals surface area contributed by atoms with E-state index in [9.17, 15) is 13.2 Å². The van der Waals surface area contributed by atoms with Crippen LogP contribution in [-0.4, -0.2) is 28.9 Å². The third kappa shape index (κ3) is 4.20. The number of ether oxygens (including phenoxy) is 1. The van der Waals surface area contributed by atoms with Crippen LogP contribution < -0.4 is 5.73 Å². The van der Waals surface area contributed by atoms with Gasteiger partial charge in [-0.05, 0) is 6.92 Å². The smallest absolute Gasteiger partial charge is 0.370 e. The van der Waals surface area contributed by atoms with Gasteiger partial charge >= 0.3 is 6.18 Å². The summed E-state index contributed by atoms with van der Waals surface area (Å²) < 4.78 is 41.1. The van der Waals surface area contributed by atoms with Crippen LogP contribution >= 0.6 is 0 Å². The number of hydrogen-bond donors (Lipinski definition) is 1. The molecule has 0 unspecified atom stereocenters. The Kier molecular flexibility index (Phi) is 3.57. The summed E-state index contributed by atoms with van der Waals surface area (Å²) in [6.45, 7) is 0.742. The normalized spacial score (nSPS) is 12.0. The average molecular weight is 223 g/mol. The Balaban J connectivity index is 2.29. The number of alkyl halides is 3. The minimum atomic E-state index is -4.28. The van der Waals surface area contributed by atoms with Crippen LogP contribution in [0.3, 0.4) is 0 Å². The van der Waals surface area contributed by atoms with Crippen molar-refractivity contribution >= 4 is 5.95 Å². The Morgan fingerprint density at radius 2 is 2.20 bits per heavy atom. The monoisotopic (exact) mass is 223 g/mol. The van der Waals surface area contributed by atoms with E-state index in [-0.39, 0.29) is 19.1 Å². The maximum absolute atomic E-state index is 11.7. The number of anilines is 1. The van der Waals surface area contributed by atoms with Gasteiger partial charge in [0, 0.05) is 12.7 Å². The van der Waals surface area contributed by atoms with Gasteiger partial charge in [0.2, 0.25) is 0 Å². The molecule has 1 aromatic rings. The summed E-state index contributed by atoms with van der Waals surface area (Å²) in [4.78, 5) is 3.90. The van der Waals surface area contributed by atoms with Crippen molar-refractivity contribution in [1.29, 1.82) is 0 Å². The Bertz CT molecular complexity index is 321. The molecule has 2 N–H and O–H groups in total. The third-order valence-electron chi connectivity index (χ3n) is 1.67. The number of rotatable bonds is 4. The topological polar surface area (TPSA) is 53.1 Å². The van der Waals surface area contributed by atoms with Crippen LogP contribution in [-0.2, 0) is 11.3 Å². The number of nitrogens with zero attached hydrogens (tertiary/aromatic N) is 2. The Hall–Kier alpha value is -1.24. The molecule has 0 atom stereocenters. The molecule has 0 aliphatic heterocycles. The van der Waals surface area contributed by atoms with Crippen molar-refractivity contribution in [2.75, 3.05) is 18.9 Å². The molecule has 4 nitrogen and oxygen atoms in total. The van der Waals surface area contributed by atoms with E-state index in [1.54, 1.807) is 17.7 Å². The van der Waals surface area contributed by atoms with Gasteiger partial charge in [-0.15, -0.1) is 0 Å². The SMILES string of the molecule is Cc1cn(CCOCC(F)(F)F)c(N)n1. The number of halogens is 3. The highest BCUT2D eigenvalue weighted by Gasteiger charge is 2.27. The van der Waals surface area contributed by atoms with Gasteiger partial charge in [0.25, 0.3) is 0 Å². The summed E-state index contributed by atoms with van der Waals surface area (Å²) in [5, 5.41) is 0. The molecule has 0 saturated heterocycles. The van der Waals surface area contributed by atoms with E-state index in [1.165, 1.54) is 0 Å². The lowest BCUT2D eigenvalue weighted by atomic mass is 10.5. The molecule has 0 aromatic carbocycles. The minimum Gasteiger partial charge on any atom is -0.370 e. The zero-order chi connectivity index (χ0) is 11.5. The molecule has 0 radical (unpaired) electrons. The fourth-order valence-electron chi connectivity index (χ4n) is 1.10. The number of hydrogen-bond acceptors (Lipinski definition) is 3. The predicted molar refractivity (Wildman–Crippen MR) is 48.3 cm³/mol. The van der Waals surface area contributed by atoms with Gasteiger partial charge in [0.1, 0.15) is 6.61 Å². The summed E-state index contributed by atoms with van der Waals surface area (Å²) in [7, 11) is 0. The second-order valence-corrected chi connectivity index (χ2v) is 3.10. The maximum Gasteiger partial charge on any atom is 0.411 e. The zero-order valence-corrected chi connectivity index (χ0v) is 8.21. The molecule has 1 aromatic heterocycles. The standard InChI is InChI=1S/C8H12F3N3O/c1-6-4-14(7(12)13-6)2-3-15-5-8(9,10)11/h4H,2-3,5H2,1H3,(H2,12,13). The molecule has 1 rings (SSSR count). The van der Waals surface area contributed by atoms with Gasteiger partial charge in [-0.2, -0.15) is 13.2 Å². The van der Waals surface area contributed by atoms with Gasteiger partial charge in [-0.1, -0.05) is 0 Å². The second kappa shape index (κ2) is 4.52. The van der Waals surface area contributed by atoms with Crippen LogP contribution in [0.2, 0.25) is 0 Å². The van der Waals surface area contributed by atoms with E-state index in [0.29, 0.717) is 0 Å². The molecule has 0 aliphatic rings. The molecule has 1 heterocycles. The fraction of sp³-hybridized carbons (Fsp3) is 0.625. The molecule has 86 valence electrons. The summed E-state index contributed by atoms with van der Waals surface area (Å²) in [5.41, 5.74) is 6.21. The number of nitrogens with two attached hydrogens (primary N) is 1. The van der Waals surface area contributed by atoms with Crippen LogP contribution in [0, 0.1) is 6.92 Å². The lowest BCUT2D eigenvalue weighted by Crippen LogP contribution is -2.19. The Labute approximate surface area is 84.8 Å². The van der Waals surface area contributed by atoms with Gasteiger partial charge < -0.3 is 15.0 Å². The summed E-state index contributed by atoms with van der Waals surface area (Å²) in [6, 6.07) is 0. The number of imidazole rings is 1. The quantitative estimate of drug-likeness (QED) is 0.784. The molecular formula is C8H12F3N3O. The van der Waals surface area contributed by atoms with Gasteiger partial charge in [-0.25, -0.2) is 4.98 Å². The fourth-order valence-corrected chi connectivity index (χ4v) is 1.10. The largest absolute Gasteiger partial charge is 0.411 e. The highest BCUT2D eigenvalue weighted by Crippen LogP contribution is 2.14. The van der Waals surface area contributed by atoms with Crippen LogP contribution in [0.1, 0.15) is 5.69 Å². The molecule has 7 heteroatoms. The Morgan fingerprint density at radius 3 is 2.67 bits per heavy atom. The maximum atomic E-state index is 11.7. The van der Waals surface area contributed by atoms with E-state index in [4.69, 9.17) is 5.73 Å². The van der Waals surface area contributed by atoms with Crippen molar-refractivity contribution < 1.29 is 17.9 Å². The number of nitrogen functional groups attached to an aromatic ring is 1. The van der Waals surface area contributed by atoms with Crippen molar-refractivity contribution in [3.05, 3.63) is 11.9 Å². The third-order valence-corrected chi connectivity index (χ3v) is 1.67. The summed E-state index contributed by atoms with van der Waals surface area (Å²) >= 11 is 0. The first-order chi connectivity index (χ1) is 6.88. The molecule has 0 saturated carbocycles. The van der Waals surface area contributed by atoms with Crippen molar-refractivity contribution in [3.8, 4) is 0 Å². The van der Waals surface area contributed by atoms with Crippen molar-refractivity contribution in [2.45, 2.75) is 19.6 Å². The van der Waals surface area contributed by atoms with Gasteiger partial charge in [0.05, 0.1) is 12.3 Å². The van der Waals surface area contributed by atoms with E-state index < -0.39 is 12.8 Å². The van der Waals surface area contributed by atoms with E-state index in [1.807, 2.05) is 0 Å². The van der Waals surface area contributed by atoms with E-state index in [0.717, 1.165) is 5.69 Å². The number of aromatic nitrogens is 2. The number of aryl methyl sites for hydroxylation is 1. The Morgan fingerprint density at radius 1 is 1.53 bits per heavy atom. The van der Waals surface area contributed by atoms with Crippen molar-refractivity contribution in [1.82, 2.24) is 9.55 Å². The molecular weight excluding hydrogens is 211 g/mol. The second-order valence-electron chi connectivity index (χ2n) is 3.10. The van der Waals surface area contributed by atoms with Gasteiger partial charge in [0.15, 0.2) is 5.95 Å². The van der Waals surface area contributed by atoms with Crippen molar-refractivity contribution in [3.63, 3.8) is 0 Å². The highest BCUT2D eigenvalue weighted by molar-refractivity contribution is 5.20. The van der Waals surface area contributed by atoms with Crippen LogP contribution in [0.4, 0.5) is 19.1 Å². The molecule has 0 bridgehead atoms. The molecule has 0 fully saturated rings. The highest BCUT2D eigenvalue weighted by atomic mass is 19.4. The molecule has 15 heavy (non-hydrogen) atoms. The molecule has 0 amide bonds. The van der Waals surface area contributed by atoms with Gasteiger partial charge in [-0.3, -0.25) is 0 Å². The zero-order valence-electron chi connectivity index (χ0n) is 8.21. The van der Waals surface area contributed by atoms with Crippen LogP contribution in [0.5, 0.6) is 0 Å². The first-order valence-corrected chi connectivity index (χ1v) is 4.32. The van der Waals surface area contributed by atoms with E-state index >= 15 is 0 Å². The summed E-state index contributed by atoms with van der Waals surface area (Å²) in [6.07, 6.45) is -2.62. The first-order valence-electron chi connectivity index (χ1n) is 4.32. The summed E-state index contributed by atoms with van der Waals surface area (Å²) in [5.74, 6) is 0.281. The minimum absolute atomic E-state index is 0.0422. The van der Waals surface area contributed by atoms with Crippen LogP contribution in [0.25, 0.3) is 0 Å². The average Bonchev–Trinajstić information content (AvgIpc) is 2.37. The lowest BCUT2D eigenvalue weighted by molar-refractivity contribution is -0.174. The lowest BCUT2D eigenvalue weighted by Gasteiger charge is -2.08. The molecule has 0 spiro atoms. The van der Waals surface area contributed by atoms with E-state index in [2.05, 4.69) is 9.72 Å². The predicted octanol–water partition coefficient (Wildman–Crippen LogP) is 1.35. The molecule has 0 aliphatic carbocycles. The first kappa shape index (κ1) is 11.8. The van der Waals surface area contributed by atoms with Crippen molar-refractivity contribution in [2.24, 2.45) is 0 Å². The van der Waals surface area contributed by atoms with Crippen LogP contribution in [0.15, 0.2) is 6.20 Å².